The zero-order valence-corrected chi connectivity index (χ0v) is 18.1. The summed E-state index contributed by atoms with van der Waals surface area (Å²) in [7, 11) is 0. The van der Waals surface area contributed by atoms with E-state index in [2.05, 4.69) is 5.32 Å². The average molecular weight is 450 g/mol. The molecular formula is C24H23ClF3NO2. The normalized spacial score (nSPS) is 22.9. The number of phenolic OH excluding ortho intramolecular Hbond substituents is 1. The molecule has 7 heteroatoms. The fraction of sp³-hybridized carbons (Fsp3) is 0.333. The van der Waals surface area contributed by atoms with Crippen molar-refractivity contribution in [2.75, 3.05) is 5.32 Å². The molecule has 0 amide bonds. The topological polar surface area (TPSA) is 52.5 Å². The number of rotatable bonds is 2. The summed E-state index contributed by atoms with van der Waals surface area (Å²) in [5.41, 5.74) is -2.84. The third-order valence-corrected chi connectivity index (χ3v) is 6.69. The molecule has 0 saturated carbocycles. The van der Waals surface area contributed by atoms with Crippen LogP contribution in [-0.2, 0) is 5.41 Å². The van der Waals surface area contributed by atoms with Crippen LogP contribution in [0, 0.1) is 6.92 Å². The van der Waals surface area contributed by atoms with Crippen molar-refractivity contribution in [2.24, 2.45) is 0 Å². The molecule has 0 spiro atoms. The van der Waals surface area contributed by atoms with Crippen LogP contribution < -0.4 is 5.32 Å². The largest absolute Gasteiger partial charge is 0.506 e. The summed E-state index contributed by atoms with van der Waals surface area (Å²) in [5.74, 6) is -0.240. The standard InChI is InChI=1S/C24H23ClF3NO2/c1-13-11-16-18(20(30)19(13)25)22(2,3)12-23(31,24(26,27)28)21(16)29-17-10-6-8-14-7-4-5-9-15(14)17/h4-11,21,29-31H,12H2,1-3H3. The van der Waals surface area contributed by atoms with Gasteiger partial charge in [-0.1, -0.05) is 67.9 Å². The Morgan fingerprint density at radius 1 is 1.10 bits per heavy atom. The molecule has 0 saturated heterocycles. The summed E-state index contributed by atoms with van der Waals surface area (Å²) in [6.45, 7) is 4.76. The van der Waals surface area contributed by atoms with Crippen LogP contribution in [0.5, 0.6) is 5.75 Å². The Bertz CT molecular complexity index is 1170. The lowest BCUT2D eigenvalue weighted by molar-refractivity contribution is -0.275. The molecule has 3 aromatic rings. The van der Waals surface area contributed by atoms with Crippen LogP contribution in [0.3, 0.4) is 0 Å². The van der Waals surface area contributed by atoms with Gasteiger partial charge in [-0.25, -0.2) is 0 Å². The second-order valence-corrected chi connectivity index (χ2v) is 9.28. The minimum absolute atomic E-state index is 0.105. The number of anilines is 1. The lowest BCUT2D eigenvalue weighted by Crippen LogP contribution is -2.58. The number of aryl methyl sites for hydroxylation is 1. The van der Waals surface area contributed by atoms with E-state index in [9.17, 15) is 23.4 Å². The number of hydrogen-bond acceptors (Lipinski definition) is 3. The van der Waals surface area contributed by atoms with E-state index in [1.807, 2.05) is 24.3 Å². The molecule has 0 fully saturated rings. The highest BCUT2D eigenvalue weighted by Gasteiger charge is 2.64. The van der Waals surface area contributed by atoms with E-state index < -0.39 is 29.7 Å². The SMILES string of the molecule is Cc1cc2c(c(O)c1Cl)C(C)(C)CC(O)(C(F)(F)F)C2Nc1cccc2ccccc12. The van der Waals surface area contributed by atoms with Crippen LogP contribution in [0.4, 0.5) is 18.9 Å². The van der Waals surface area contributed by atoms with Crippen LogP contribution in [0.25, 0.3) is 10.8 Å². The smallest absolute Gasteiger partial charge is 0.419 e. The van der Waals surface area contributed by atoms with Gasteiger partial charge < -0.3 is 15.5 Å². The van der Waals surface area contributed by atoms with Gasteiger partial charge in [-0.3, -0.25) is 0 Å². The number of hydrogen-bond donors (Lipinski definition) is 3. The molecule has 1 aliphatic carbocycles. The Hall–Kier alpha value is -2.44. The summed E-state index contributed by atoms with van der Waals surface area (Å²) >= 11 is 6.23. The Balaban J connectivity index is 1.99. The van der Waals surface area contributed by atoms with E-state index in [0.29, 0.717) is 16.8 Å². The highest BCUT2D eigenvalue weighted by atomic mass is 35.5. The molecule has 31 heavy (non-hydrogen) atoms. The third-order valence-electron chi connectivity index (χ3n) is 6.21. The molecule has 0 aliphatic heterocycles. The molecule has 3 aromatic carbocycles. The zero-order valence-electron chi connectivity index (χ0n) is 17.3. The van der Waals surface area contributed by atoms with Crippen molar-refractivity contribution in [3.05, 3.63) is 70.2 Å². The number of phenols is 1. The first-order valence-electron chi connectivity index (χ1n) is 9.92. The van der Waals surface area contributed by atoms with Crippen LogP contribution in [-0.4, -0.2) is 22.0 Å². The molecule has 3 nitrogen and oxygen atoms in total. The Kier molecular flexibility index (Phi) is 4.94. The molecule has 3 N–H and O–H groups in total. The van der Waals surface area contributed by atoms with E-state index in [0.717, 1.165) is 10.8 Å². The fourth-order valence-electron chi connectivity index (χ4n) is 4.83. The first kappa shape index (κ1) is 21.8. The quantitative estimate of drug-likeness (QED) is 0.411. The van der Waals surface area contributed by atoms with Crippen molar-refractivity contribution in [3.8, 4) is 5.75 Å². The number of halogens is 4. The van der Waals surface area contributed by atoms with E-state index >= 15 is 0 Å². The van der Waals surface area contributed by atoms with Gasteiger partial charge in [0.25, 0.3) is 0 Å². The Morgan fingerprint density at radius 2 is 1.74 bits per heavy atom. The second-order valence-electron chi connectivity index (χ2n) is 8.91. The first-order chi connectivity index (χ1) is 14.4. The van der Waals surface area contributed by atoms with Gasteiger partial charge in [-0.15, -0.1) is 0 Å². The summed E-state index contributed by atoms with van der Waals surface area (Å²) in [6, 6.07) is 12.6. The minimum Gasteiger partial charge on any atom is -0.506 e. The second kappa shape index (κ2) is 7.04. The Labute approximate surface area is 183 Å². The van der Waals surface area contributed by atoms with E-state index in [1.54, 1.807) is 39.0 Å². The number of nitrogens with one attached hydrogen (secondary N) is 1. The molecule has 0 radical (unpaired) electrons. The van der Waals surface area contributed by atoms with E-state index in [-0.39, 0.29) is 16.3 Å². The van der Waals surface area contributed by atoms with E-state index in [4.69, 9.17) is 11.6 Å². The maximum atomic E-state index is 14.3. The predicted octanol–water partition coefficient (Wildman–Crippen LogP) is 6.64. The number of aromatic hydroxyl groups is 1. The maximum absolute atomic E-state index is 14.3. The van der Waals surface area contributed by atoms with Gasteiger partial charge in [0.15, 0.2) is 5.60 Å². The van der Waals surface area contributed by atoms with Gasteiger partial charge in [0, 0.05) is 16.6 Å². The maximum Gasteiger partial charge on any atom is 0.419 e. The van der Waals surface area contributed by atoms with Gasteiger partial charge in [0.2, 0.25) is 0 Å². The van der Waals surface area contributed by atoms with Gasteiger partial charge in [-0.2, -0.15) is 13.2 Å². The van der Waals surface area contributed by atoms with Crippen LogP contribution in [0.1, 0.15) is 43.0 Å². The molecule has 4 rings (SSSR count). The van der Waals surface area contributed by atoms with Gasteiger partial charge >= 0.3 is 6.18 Å². The number of aliphatic hydroxyl groups is 1. The molecule has 0 aromatic heterocycles. The summed E-state index contributed by atoms with van der Waals surface area (Å²) in [5, 5.41) is 26.6. The molecule has 0 heterocycles. The summed E-state index contributed by atoms with van der Waals surface area (Å²) < 4.78 is 43.0. The lowest BCUT2D eigenvalue weighted by Gasteiger charge is -2.49. The van der Waals surface area contributed by atoms with Crippen molar-refractivity contribution in [1.82, 2.24) is 0 Å². The van der Waals surface area contributed by atoms with Crippen LogP contribution >= 0.6 is 11.6 Å². The third kappa shape index (κ3) is 3.33. The highest BCUT2D eigenvalue weighted by Crippen LogP contribution is 2.57. The molecule has 164 valence electrons. The predicted molar refractivity (Wildman–Crippen MR) is 117 cm³/mol. The molecule has 1 aliphatic rings. The molecular weight excluding hydrogens is 427 g/mol. The van der Waals surface area contributed by atoms with Crippen molar-refractivity contribution in [1.29, 1.82) is 0 Å². The number of fused-ring (bicyclic) bond motifs is 2. The van der Waals surface area contributed by atoms with Gasteiger partial charge in [0.05, 0.1) is 11.1 Å². The number of alkyl halides is 3. The average Bonchev–Trinajstić information content (AvgIpc) is 2.67. The molecule has 2 unspecified atom stereocenters. The Morgan fingerprint density at radius 3 is 2.42 bits per heavy atom. The monoisotopic (exact) mass is 449 g/mol. The lowest BCUT2D eigenvalue weighted by atomic mass is 9.63. The highest BCUT2D eigenvalue weighted by molar-refractivity contribution is 6.33. The molecule has 2 atom stereocenters. The number of benzene rings is 3. The summed E-state index contributed by atoms with van der Waals surface area (Å²) in [4.78, 5) is 0. The first-order valence-corrected chi connectivity index (χ1v) is 10.3. The van der Waals surface area contributed by atoms with Crippen LogP contribution in [0.15, 0.2) is 48.5 Å². The molecule has 0 bridgehead atoms. The van der Waals surface area contributed by atoms with Gasteiger partial charge in [-0.05, 0) is 41.3 Å². The van der Waals surface area contributed by atoms with Crippen molar-refractivity contribution >= 4 is 28.1 Å². The van der Waals surface area contributed by atoms with Crippen molar-refractivity contribution in [3.63, 3.8) is 0 Å². The fourth-order valence-corrected chi connectivity index (χ4v) is 4.98. The van der Waals surface area contributed by atoms with Gasteiger partial charge in [0.1, 0.15) is 5.75 Å². The minimum atomic E-state index is -4.91. The zero-order chi connectivity index (χ0) is 22.8. The van der Waals surface area contributed by atoms with Crippen LogP contribution in [0.2, 0.25) is 5.02 Å². The van der Waals surface area contributed by atoms with Crippen molar-refractivity contribution < 1.29 is 23.4 Å². The van der Waals surface area contributed by atoms with E-state index in [1.165, 1.54) is 6.07 Å². The van der Waals surface area contributed by atoms with Crippen molar-refractivity contribution in [2.45, 2.75) is 50.4 Å². The summed E-state index contributed by atoms with van der Waals surface area (Å²) in [6.07, 6.45) is -5.54.